The lowest BCUT2D eigenvalue weighted by Crippen LogP contribution is -2.28. The zero-order chi connectivity index (χ0) is 17.5. The van der Waals surface area contributed by atoms with E-state index >= 15 is 0 Å². The third-order valence-corrected chi connectivity index (χ3v) is 4.05. The van der Waals surface area contributed by atoms with Gasteiger partial charge in [0.25, 0.3) is 0 Å². The fraction of sp³-hybridized carbons (Fsp3) is 0.368. The molecule has 0 bridgehead atoms. The minimum Gasteiger partial charge on any atom is -0.482 e. The van der Waals surface area contributed by atoms with Gasteiger partial charge in [-0.2, -0.15) is 0 Å². The number of esters is 1. The van der Waals surface area contributed by atoms with E-state index in [-0.39, 0.29) is 0 Å². The summed E-state index contributed by atoms with van der Waals surface area (Å²) in [4.78, 5) is 24.0. The van der Waals surface area contributed by atoms with Crippen LogP contribution < -0.4 is 10.4 Å². The summed E-state index contributed by atoms with van der Waals surface area (Å²) in [5.74, 6) is 0.0669. The average Bonchev–Trinajstić information content (AvgIpc) is 2.52. The van der Waals surface area contributed by atoms with Crippen molar-refractivity contribution < 1.29 is 18.7 Å². The average molecular weight is 328 g/mol. The van der Waals surface area contributed by atoms with Gasteiger partial charge in [-0.25, -0.2) is 9.59 Å². The molecule has 5 nitrogen and oxygen atoms in total. The van der Waals surface area contributed by atoms with E-state index in [0.717, 1.165) is 23.8 Å². The summed E-state index contributed by atoms with van der Waals surface area (Å²) in [6.45, 7) is 5.91. The van der Waals surface area contributed by atoms with Crippen LogP contribution in [0.4, 0.5) is 0 Å². The predicted octanol–water partition coefficient (Wildman–Crippen LogP) is 3.72. The van der Waals surface area contributed by atoms with Gasteiger partial charge >= 0.3 is 11.6 Å². The Kier molecular flexibility index (Phi) is 3.95. The lowest BCUT2D eigenvalue weighted by Gasteiger charge is -2.30. The van der Waals surface area contributed by atoms with Crippen molar-refractivity contribution in [3.05, 3.63) is 45.3 Å². The first kappa shape index (κ1) is 16.3. The Morgan fingerprint density at radius 3 is 2.71 bits per heavy atom. The third-order valence-electron chi connectivity index (χ3n) is 4.05. The molecular formula is C19H20O5. The number of hydrogen-bond donors (Lipinski definition) is 0. The lowest BCUT2D eigenvalue weighted by atomic mass is 9.93. The number of benzene rings is 1. The molecule has 0 unspecified atom stereocenters. The minimum atomic E-state index is -0.520. The number of fused-ring (bicyclic) bond motifs is 3. The molecule has 0 spiro atoms. The van der Waals surface area contributed by atoms with Crippen LogP contribution in [0.15, 0.2) is 27.4 Å². The molecule has 0 amide bonds. The lowest BCUT2D eigenvalue weighted by molar-refractivity contribution is 0.0598. The number of ether oxygens (including phenoxy) is 2. The fourth-order valence-corrected chi connectivity index (χ4v) is 2.98. The second kappa shape index (κ2) is 5.82. The first-order valence-corrected chi connectivity index (χ1v) is 7.96. The molecule has 0 radical (unpaired) electrons. The van der Waals surface area contributed by atoms with Crippen LogP contribution in [-0.2, 0) is 11.2 Å². The summed E-state index contributed by atoms with van der Waals surface area (Å²) in [6, 6.07) is 3.06. The molecule has 0 saturated carbocycles. The number of carbonyl (C=O) groups is 1. The zero-order valence-electron chi connectivity index (χ0n) is 14.3. The molecule has 1 aliphatic heterocycles. The molecule has 5 heteroatoms. The molecule has 0 atom stereocenters. The Morgan fingerprint density at radius 2 is 2.04 bits per heavy atom. The van der Waals surface area contributed by atoms with Crippen LogP contribution >= 0.6 is 0 Å². The molecule has 1 aliphatic rings. The van der Waals surface area contributed by atoms with E-state index in [1.54, 1.807) is 6.07 Å². The van der Waals surface area contributed by atoms with Crippen molar-refractivity contribution in [1.29, 1.82) is 0 Å². The highest BCUT2D eigenvalue weighted by Crippen LogP contribution is 2.41. The second-order valence-corrected chi connectivity index (χ2v) is 6.41. The molecule has 3 rings (SSSR count). The SMILES string of the molecule is CCCc1cc(=O)oc2cc(C(=O)OC)c3c(c12)OC(C)(C)C=C3. The van der Waals surface area contributed by atoms with Gasteiger partial charge in [0.1, 0.15) is 16.9 Å². The smallest absolute Gasteiger partial charge is 0.338 e. The van der Waals surface area contributed by atoms with Crippen LogP contribution in [0.25, 0.3) is 17.0 Å². The Labute approximate surface area is 139 Å². The van der Waals surface area contributed by atoms with Crippen molar-refractivity contribution in [2.24, 2.45) is 0 Å². The third kappa shape index (κ3) is 2.70. The zero-order valence-corrected chi connectivity index (χ0v) is 14.3. The molecule has 0 aliphatic carbocycles. The van der Waals surface area contributed by atoms with Gasteiger partial charge in [-0.1, -0.05) is 19.4 Å². The molecule has 1 aromatic heterocycles. The van der Waals surface area contributed by atoms with Crippen molar-refractivity contribution in [3.8, 4) is 5.75 Å². The summed E-state index contributed by atoms with van der Waals surface area (Å²) in [7, 11) is 1.32. The molecule has 0 fully saturated rings. The number of methoxy groups -OCH3 is 1. The molecule has 2 aromatic rings. The van der Waals surface area contributed by atoms with Crippen LogP contribution in [0.5, 0.6) is 5.75 Å². The van der Waals surface area contributed by atoms with E-state index in [2.05, 4.69) is 0 Å². The van der Waals surface area contributed by atoms with Crippen LogP contribution in [-0.4, -0.2) is 18.7 Å². The van der Waals surface area contributed by atoms with E-state index in [1.807, 2.05) is 32.9 Å². The van der Waals surface area contributed by atoms with Crippen LogP contribution in [0.1, 0.15) is 48.7 Å². The van der Waals surface area contributed by atoms with Gasteiger partial charge in [-0.3, -0.25) is 0 Å². The van der Waals surface area contributed by atoms with Crippen molar-refractivity contribution in [3.63, 3.8) is 0 Å². The predicted molar refractivity (Wildman–Crippen MR) is 91.6 cm³/mol. The number of aryl methyl sites for hydroxylation is 1. The van der Waals surface area contributed by atoms with Crippen molar-refractivity contribution in [2.75, 3.05) is 7.11 Å². The molecule has 1 aromatic carbocycles. The number of hydrogen-bond acceptors (Lipinski definition) is 5. The van der Waals surface area contributed by atoms with Crippen molar-refractivity contribution in [2.45, 2.75) is 39.2 Å². The van der Waals surface area contributed by atoms with E-state index in [1.165, 1.54) is 13.2 Å². The molecule has 2 heterocycles. The maximum Gasteiger partial charge on any atom is 0.338 e. The van der Waals surface area contributed by atoms with Gasteiger partial charge < -0.3 is 13.9 Å². The summed E-state index contributed by atoms with van der Waals surface area (Å²) in [5, 5.41) is 0.747. The Morgan fingerprint density at radius 1 is 1.29 bits per heavy atom. The van der Waals surface area contributed by atoms with Gasteiger partial charge in [-0.15, -0.1) is 0 Å². The first-order chi connectivity index (χ1) is 11.4. The second-order valence-electron chi connectivity index (χ2n) is 6.41. The fourth-order valence-electron chi connectivity index (χ4n) is 2.98. The Hall–Kier alpha value is -2.56. The van der Waals surface area contributed by atoms with Crippen LogP contribution in [0, 0.1) is 0 Å². The molecule has 126 valence electrons. The van der Waals surface area contributed by atoms with Crippen LogP contribution in [0.3, 0.4) is 0 Å². The maximum atomic E-state index is 12.2. The van der Waals surface area contributed by atoms with E-state index in [9.17, 15) is 9.59 Å². The summed E-state index contributed by atoms with van der Waals surface area (Å²) < 4.78 is 16.4. The van der Waals surface area contributed by atoms with Crippen molar-refractivity contribution >= 4 is 23.0 Å². The first-order valence-electron chi connectivity index (χ1n) is 7.96. The van der Waals surface area contributed by atoms with Gasteiger partial charge in [0.05, 0.1) is 18.1 Å². The maximum absolute atomic E-state index is 12.2. The molecule has 0 N–H and O–H groups in total. The summed E-state index contributed by atoms with van der Waals surface area (Å²) >= 11 is 0. The topological polar surface area (TPSA) is 65.7 Å². The van der Waals surface area contributed by atoms with E-state index < -0.39 is 17.2 Å². The number of carbonyl (C=O) groups excluding carboxylic acids is 1. The Balaban J connectivity index is 2.43. The van der Waals surface area contributed by atoms with Crippen LogP contribution in [0.2, 0.25) is 0 Å². The van der Waals surface area contributed by atoms with Gasteiger partial charge in [0.2, 0.25) is 0 Å². The highest BCUT2D eigenvalue weighted by Gasteiger charge is 2.29. The summed E-state index contributed by atoms with van der Waals surface area (Å²) in [6.07, 6.45) is 5.36. The van der Waals surface area contributed by atoms with E-state index in [0.29, 0.717) is 22.5 Å². The molecule has 24 heavy (non-hydrogen) atoms. The monoisotopic (exact) mass is 328 g/mol. The molecule has 0 saturated heterocycles. The Bertz CT molecular complexity index is 902. The molecular weight excluding hydrogens is 308 g/mol. The van der Waals surface area contributed by atoms with Gasteiger partial charge in [-0.05, 0) is 38.0 Å². The largest absolute Gasteiger partial charge is 0.482 e. The highest BCUT2D eigenvalue weighted by atomic mass is 16.5. The summed E-state index contributed by atoms with van der Waals surface area (Å²) in [5.41, 5.74) is 1.23. The quantitative estimate of drug-likeness (QED) is 0.634. The highest BCUT2D eigenvalue weighted by molar-refractivity contribution is 6.03. The van der Waals surface area contributed by atoms with Gasteiger partial charge in [0, 0.05) is 11.6 Å². The van der Waals surface area contributed by atoms with Gasteiger partial charge in [0.15, 0.2) is 0 Å². The van der Waals surface area contributed by atoms with E-state index in [4.69, 9.17) is 13.9 Å². The standard InChI is InChI=1S/C19H20O5/c1-5-6-11-9-15(20)23-14-10-13(18(21)22-4)12-7-8-19(2,3)24-17(12)16(11)14/h7-10H,5-6H2,1-4H3. The van der Waals surface area contributed by atoms with Crippen molar-refractivity contribution in [1.82, 2.24) is 0 Å². The normalized spacial score (nSPS) is 15.0. The number of rotatable bonds is 3. The minimum absolute atomic E-state index is 0.323.